The highest BCUT2D eigenvalue weighted by Gasteiger charge is 2.79. The maximum Gasteiger partial charge on any atom is 0.143 e. The number of rotatable bonds is 9. The van der Waals surface area contributed by atoms with Crippen molar-refractivity contribution in [2.45, 2.75) is 10.9 Å². The average Bonchev–Trinajstić information content (AvgIpc) is 2.50. The molecule has 0 atom stereocenters. The zero-order valence-electron chi connectivity index (χ0n) is 12.9. The first-order valence-electron chi connectivity index (χ1n) is 6.22. The predicted molar refractivity (Wildman–Crippen MR) is 322 cm³/mol. The second-order valence-corrected chi connectivity index (χ2v) is 65.1. The summed E-state index contributed by atoms with van der Waals surface area (Å²) in [5, 5.41) is 0. The predicted octanol–water partition coefficient (Wildman–Crippen LogP) is 16.8. The van der Waals surface area contributed by atoms with E-state index < -0.39 is 0 Å². The highest BCUT2D eigenvalue weighted by Crippen LogP contribution is 2.81. The van der Waals surface area contributed by atoms with Gasteiger partial charge in [0.25, 0.3) is 0 Å². The number of alkyl halides is 19. The summed E-state index contributed by atoms with van der Waals surface area (Å²) in [5.41, 5.74) is 0. The molecule has 0 heterocycles. The van der Waals surface area contributed by atoms with Gasteiger partial charge in [-0.1, -0.05) is 474 Å². The van der Waals surface area contributed by atoms with Crippen LogP contribution in [0.1, 0.15) is 0 Å². The maximum atomic E-state index is 2.78. The van der Waals surface area contributed by atoms with E-state index in [0.29, 0.717) is 0 Å². The van der Waals surface area contributed by atoms with Crippen LogP contribution < -0.4 is 0 Å². The summed E-state index contributed by atoms with van der Waals surface area (Å²) in [6, 6.07) is 0. The van der Waals surface area contributed by atoms with E-state index in [9.17, 15) is 0 Å². The molecule has 0 saturated carbocycles. The number of halogens is 21. The van der Waals surface area contributed by atoms with Crippen LogP contribution in [0.3, 0.4) is 0 Å². The van der Waals surface area contributed by atoms with Crippen LogP contribution in [0.2, 0.25) is 0 Å². The first-order chi connectivity index (χ1) is 12.9. The lowest BCUT2D eigenvalue weighted by Crippen LogP contribution is -2.71. The molecule has 31 heavy (non-hydrogen) atoms. The van der Waals surface area contributed by atoms with Crippen molar-refractivity contribution in [1.82, 2.24) is 0 Å². The minimum Gasteiger partial charge on any atom is -0.0700 e. The fourth-order valence-corrected chi connectivity index (χ4v) is 39.3. The van der Waals surface area contributed by atoms with Crippen molar-refractivity contribution in [3.8, 4) is 0 Å². The Balaban J connectivity index is 7.11. The van der Waals surface area contributed by atoms with Gasteiger partial charge >= 0.3 is 0 Å². The molecule has 187 valence electrons. The van der Waals surface area contributed by atoms with E-state index in [0.717, 1.165) is 0 Å². The van der Waals surface area contributed by atoms with Gasteiger partial charge in [0.1, 0.15) is 12.8 Å². The second-order valence-electron chi connectivity index (χ2n) is 5.36. The van der Waals surface area contributed by atoms with Crippen molar-refractivity contribution >= 4 is 474 Å². The van der Waals surface area contributed by atoms with E-state index in [1.807, 2.05) is 0 Å². The van der Waals surface area contributed by atoms with Crippen molar-refractivity contribution in [3.63, 3.8) is 0 Å². The van der Waals surface area contributed by atoms with Gasteiger partial charge in [-0.2, -0.15) is 0 Å². The first-order valence-corrected chi connectivity index (χ1v) is 28.9. The third-order valence-electron chi connectivity index (χ3n) is 3.42. The van der Waals surface area contributed by atoms with Gasteiger partial charge < -0.3 is 0 Å². The molecule has 0 aromatic rings. The smallest absolute Gasteiger partial charge is 0.0700 e. The molecule has 0 nitrogen and oxygen atoms in total. The lowest BCUT2D eigenvalue weighted by Gasteiger charge is -2.60. The van der Waals surface area contributed by atoms with Gasteiger partial charge in [0, 0.05) is 0 Å². The summed E-state index contributed by atoms with van der Waals surface area (Å²) in [4.78, 5) is 0. The molecule has 21 heteroatoms. The lowest BCUT2D eigenvalue weighted by molar-refractivity contribution is 0.623. The van der Waals surface area contributed by atoms with Crippen LogP contribution in [0.5, 0.6) is 0 Å². The standard InChI is InChI=1S/C10I21/c11-1(12)2(13,14)4(16,17)6(20,21)8(24,25)7(22,23)5(18,19)3(15,9(26,27)28)10(29,30)31. The van der Waals surface area contributed by atoms with E-state index >= 15 is 0 Å². The molecule has 0 N–H and O–H groups in total. The first kappa shape index (κ1) is 46.3. The van der Waals surface area contributed by atoms with Crippen LogP contribution in [-0.2, 0) is 0 Å². The van der Waals surface area contributed by atoms with Crippen LogP contribution in [0.25, 0.3) is 0 Å². The van der Waals surface area contributed by atoms with Crippen LogP contribution in [0.15, 0.2) is 0 Å². The number of hydrogen-bond acceptors (Lipinski definition) is 0. The van der Waals surface area contributed by atoms with Crippen LogP contribution in [-0.4, -0.2) is 10.9 Å². The van der Waals surface area contributed by atoms with Gasteiger partial charge in [-0.05, 0) is 0 Å². The molecule has 1 radical (unpaired) electrons. The van der Waals surface area contributed by atoms with E-state index in [2.05, 4.69) is 474 Å². The molecule has 0 aliphatic rings. The molecule has 0 aromatic carbocycles. The Morgan fingerprint density at radius 1 is 0.323 bits per heavy atom. The Labute approximate surface area is 471 Å². The van der Waals surface area contributed by atoms with Crippen molar-refractivity contribution in [1.29, 1.82) is 0 Å². The largest absolute Gasteiger partial charge is 0.143 e. The summed E-state index contributed by atoms with van der Waals surface area (Å²) < 4.78 is 0.871. The van der Waals surface area contributed by atoms with Crippen LogP contribution in [0.4, 0.5) is 0 Å². The molecule has 0 saturated heterocycles. The molecule has 0 aromatic heterocycles. The summed E-state index contributed by atoms with van der Waals surface area (Å²) in [6.45, 7) is 0. The summed E-state index contributed by atoms with van der Waals surface area (Å²) in [6.07, 6.45) is 0. The van der Waals surface area contributed by atoms with Crippen molar-refractivity contribution < 1.29 is 0 Å². The molecule has 0 amide bonds. The SMILES string of the molecule is I[C](I)C(I)(I)C(I)(I)C(I)(I)C(I)(I)C(I)(I)C(I)(I)C(I)(C(I)(I)I)C(I)(I)I. The Bertz CT molecular complexity index is 632. The van der Waals surface area contributed by atoms with Gasteiger partial charge in [-0.3, -0.25) is 0 Å². The molecule has 0 unspecified atom stereocenters. The fourth-order valence-electron chi connectivity index (χ4n) is 1.64. The lowest BCUT2D eigenvalue weighted by atomic mass is 10.0. The molecule has 0 aliphatic carbocycles. The van der Waals surface area contributed by atoms with Gasteiger partial charge in [0.2, 0.25) is 0 Å². The monoisotopic (exact) mass is 2780 g/mol. The Hall–Kier alpha value is 15.3. The third kappa shape index (κ3) is 9.77. The molecule has 0 rings (SSSR count). The average molecular weight is 2790 g/mol. The van der Waals surface area contributed by atoms with Crippen LogP contribution >= 0.6 is 474 Å². The van der Waals surface area contributed by atoms with Gasteiger partial charge in [-0.25, -0.2) is 0 Å². The molecule has 0 fully saturated rings. The molecular weight excluding hydrogens is 2790 g/mol. The van der Waals surface area contributed by atoms with Gasteiger partial charge in [0.05, 0.1) is 0 Å². The van der Waals surface area contributed by atoms with Gasteiger partial charge in [0.15, 0.2) is 0 Å². The minimum atomic E-state index is -0.109. The Morgan fingerprint density at radius 3 is 0.774 bits per heavy atom. The van der Waals surface area contributed by atoms with Crippen LogP contribution in [0, 0.1) is 1.93 Å². The highest BCUT2D eigenvalue weighted by molar-refractivity contribution is 14.3. The Morgan fingerprint density at radius 2 is 0.548 bits per heavy atom. The topological polar surface area (TPSA) is 0 Å². The summed E-state index contributed by atoms with van der Waals surface area (Å²) >= 11 is 56.6. The highest BCUT2D eigenvalue weighted by atomic mass is 127. The van der Waals surface area contributed by atoms with E-state index in [1.165, 1.54) is 1.93 Å². The van der Waals surface area contributed by atoms with E-state index in [-0.39, 0.29) is 10.9 Å². The number of hydrogen-bond donors (Lipinski definition) is 0. The van der Waals surface area contributed by atoms with Crippen molar-refractivity contribution in [2.24, 2.45) is 0 Å². The Kier molecular flexibility index (Phi) is 25.4. The second kappa shape index (κ2) is 17.0. The molecular formula is C10I21. The minimum absolute atomic E-state index is 0.00430. The van der Waals surface area contributed by atoms with Crippen molar-refractivity contribution in [3.05, 3.63) is 1.93 Å². The fraction of sp³-hybridized carbons (Fsp3) is 0.900. The van der Waals surface area contributed by atoms with E-state index in [1.54, 1.807) is 0 Å². The van der Waals surface area contributed by atoms with E-state index in [4.69, 9.17) is 0 Å². The summed E-state index contributed by atoms with van der Waals surface area (Å²) in [7, 11) is 0. The zero-order chi connectivity index (χ0) is 26.1. The molecule has 0 spiro atoms. The van der Waals surface area contributed by atoms with Crippen molar-refractivity contribution in [2.75, 3.05) is 0 Å². The normalized spacial score (nSPS) is 16.8. The van der Waals surface area contributed by atoms with Gasteiger partial charge in [-0.15, -0.1) is 0 Å². The third-order valence-corrected chi connectivity index (χ3v) is 64.2. The molecule has 0 bridgehead atoms. The molecule has 0 aliphatic heterocycles. The zero-order valence-corrected chi connectivity index (χ0v) is 58.2. The quantitative estimate of drug-likeness (QED) is 0.159. The summed E-state index contributed by atoms with van der Waals surface area (Å²) in [5.74, 6) is 0. The maximum absolute atomic E-state index is 2.78.